The van der Waals surface area contributed by atoms with E-state index in [9.17, 15) is 22.0 Å². The van der Waals surface area contributed by atoms with Crippen LogP contribution in [0.25, 0.3) is 21.7 Å². The lowest BCUT2D eigenvalue weighted by Gasteiger charge is -2.13. The third kappa shape index (κ3) is 4.60. The van der Waals surface area contributed by atoms with Gasteiger partial charge in [-0.05, 0) is 77.4 Å². The third-order valence-electron chi connectivity index (χ3n) is 4.74. The molecule has 8 heteroatoms. The average molecular weight is 463 g/mol. The Hall–Kier alpha value is -2.84. The van der Waals surface area contributed by atoms with Gasteiger partial charge in [-0.2, -0.15) is 13.2 Å². The summed E-state index contributed by atoms with van der Waals surface area (Å²) in [6.45, 7) is 0.237. The number of aromatic nitrogens is 1. The highest BCUT2D eigenvalue weighted by molar-refractivity contribution is 7.73. The Morgan fingerprint density at radius 3 is 1.77 bits per heavy atom. The van der Waals surface area contributed by atoms with Crippen molar-refractivity contribution in [3.8, 4) is 21.7 Å². The van der Waals surface area contributed by atoms with Gasteiger partial charge in [0.1, 0.15) is 11.6 Å². The van der Waals surface area contributed by atoms with Gasteiger partial charge >= 0.3 is 6.18 Å². The van der Waals surface area contributed by atoms with Gasteiger partial charge in [0, 0.05) is 6.54 Å². The van der Waals surface area contributed by atoms with E-state index in [-0.39, 0.29) is 12.4 Å². The summed E-state index contributed by atoms with van der Waals surface area (Å²) < 4.78 is 67.8. The van der Waals surface area contributed by atoms with Gasteiger partial charge in [0.15, 0.2) is 3.95 Å². The van der Waals surface area contributed by atoms with E-state index in [0.717, 1.165) is 22.6 Å². The van der Waals surface area contributed by atoms with Crippen LogP contribution in [0.3, 0.4) is 0 Å². The summed E-state index contributed by atoms with van der Waals surface area (Å²) in [5, 5.41) is 0. The van der Waals surface area contributed by atoms with Crippen LogP contribution in [0.2, 0.25) is 0 Å². The Labute approximate surface area is 184 Å². The monoisotopic (exact) mass is 463 g/mol. The van der Waals surface area contributed by atoms with Crippen molar-refractivity contribution >= 4 is 23.6 Å². The molecule has 1 aromatic heterocycles. The second-order valence-electron chi connectivity index (χ2n) is 6.84. The fraction of sp³-hybridized carbons (Fsp3) is 0.0870. The molecule has 0 fully saturated rings. The number of alkyl halides is 3. The number of hydrogen-bond acceptors (Lipinski definition) is 2. The molecule has 1 heterocycles. The number of thiazole rings is 1. The van der Waals surface area contributed by atoms with Gasteiger partial charge in [0.05, 0.1) is 16.1 Å². The number of rotatable bonds is 4. The van der Waals surface area contributed by atoms with Crippen molar-refractivity contribution in [1.29, 1.82) is 0 Å². The van der Waals surface area contributed by atoms with E-state index in [2.05, 4.69) is 0 Å². The van der Waals surface area contributed by atoms with E-state index in [1.54, 1.807) is 28.8 Å². The fourth-order valence-corrected chi connectivity index (χ4v) is 4.65. The first-order valence-electron chi connectivity index (χ1n) is 9.14. The molecule has 1 nitrogen and oxygen atoms in total. The molecule has 0 radical (unpaired) electrons. The number of nitrogens with zero attached hydrogens (tertiary/aromatic N) is 1. The quantitative estimate of drug-likeness (QED) is 0.220. The molecule has 0 saturated carbocycles. The summed E-state index contributed by atoms with van der Waals surface area (Å²) in [4.78, 5) is 0.767. The average Bonchev–Trinajstić information content (AvgIpc) is 3.05. The molecule has 0 amide bonds. The molecule has 0 aliphatic rings. The molecule has 3 aromatic carbocycles. The molecule has 0 unspecified atom stereocenters. The maximum Gasteiger partial charge on any atom is 0.416 e. The zero-order valence-corrected chi connectivity index (χ0v) is 17.4. The van der Waals surface area contributed by atoms with Crippen molar-refractivity contribution in [2.45, 2.75) is 12.7 Å². The van der Waals surface area contributed by atoms with Crippen molar-refractivity contribution in [2.24, 2.45) is 0 Å². The topological polar surface area (TPSA) is 4.93 Å². The van der Waals surface area contributed by atoms with E-state index in [0.29, 0.717) is 20.8 Å². The lowest BCUT2D eigenvalue weighted by molar-refractivity contribution is -0.137. The van der Waals surface area contributed by atoms with Crippen LogP contribution in [0, 0.1) is 15.6 Å². The number of halogens is 5. The zero-order chi connectivity index (χ0) is 22.2. The number of benzene rings is 3. The first kappa shape index (κ1) is 21.4. The fourth-order valence-electron chi connectivity index (χ4n) is 3.22. The lowest BCUT2D eigenvalue weighted by Crippen LogP contribution is -2.06. The SMILES string of the molecule is Fc1ccc(-c2sc(=S)n(Cc3ccc(C(F)(F)F)cc3)c2-c2ccc(F)cc2)cc1. The Bertz CT molecular complexity index is 1250. The van der Waals surface area contributed by atoms with Gasteiger partial charge in [-0.15, -0.1) is 11.3 Å². The van der Waals surface area contributed by atoms with E-state index >= 15 is 0 Å². The minimum Gasteiger partial charge on any atom is -0.318 e. The second kappa shape index (κ2) is 8.36. The highest BCUT2D eigenvalue weighted by Gasteiger charge is 2.30. The van der Waals surface area contributed by atoms with Gasteiger partial charge in [-0.1, -0.05) is 24.3 Å². The van der Waals surface area contributed by atoms with Crippen LogP contribution in [0.4, 0.5) is 22.0 Å². The predicted molar refractivity (Wildman–Crippen MR) is 114 cm³/mol. The first-order valence-corrected chi connectivity index (χ1v) is 10.4. The Morgan fingerprint density at radius 2 is 1.26 bits per heavy atom. The first-order chi connectivity index (χ1) is 14.7. The zero-order valence-electron chi connectivity index (χ0n) is 15.8. The molecular weight excluding hydrogens is 449 g/mol. The van der Waals surface area contributed by atoms with Gasteiger partial charge in [0.2, 0.25) is 0 Å². The smallest absolute Gasteiger partial charge is 0.318 e. The van der Waals surface area contributed by atoms with Crippen molar-refractivity contribution in [3.63, 3.8) is 0 Å². The van der Waals surface area contributed by atoms with Crippen LogP contribution in [0.1, 0.15) is 11.1 Å². The molecule has 0 bridgehead atoms. The van der Waals surface area contributed by atoms with Crippen LogP contribution in [-0.2, 0) is 12.7 Å². The maximum absolute atomic E-state index is 13.5. The molecule has 0 saturated heterocycles. The molecule has 31 heavy (non-hydrogen) atoms. The largest absolute Gasteiger partial charge is 0.416 e. The van der Waals surface area contributed by atoms with Crippen molar-refractivity contribution < 1.29 is 22.0 Å². The molecule has 0 N–H and O–H groups in total. The highest BCUT2D eigenvalue weighted by Crippen LogP contribution is 2.39. The van der Waals surface area contributed by atoms with E-state index in [4.69, 9.17) is 12.2 Å². The third-order valence-corrected chi connectivity index (χ3v) is 6.24. The normalized spacial score (nSPS) is 11.6. The Balaban J connectivity index is 1.83. The highest BCUT2D eigenvalue weighted by atomic mass is 32.1. The van der Waals surface area contributed by atoms with Gasteiger partial charge in [-0.3, -0.25) is 0 Å². The summed E-state index contributed by atoms with van der Waals surface area (Å²) in [6.07, 6.45) is -4.41. The van der Waals surface area contributed by atoms with Crippen LogP contribution in [0.15, 0.2) is 72.8 Å². The summed E-state index contributed by atoms with van der Waals surface area (Å²) in [6, 6.07) is 16.7. The van der Waals surface area contributed by atoms with Crippen molar-refractivity contribution in [3.05, 3.63) is 99.5 Å². The van der Waals surface area contributed by atoms with Crippen LogP contribution in [-0.4, -0.2) is 4.57 Å². The van der Waals surface area contributed by atoms with Crippen LogP contribution < -0.4 is 0 Å². The Morgan fingerprint density at radius 1 is 0.742 bits per heavy atom. The number of hydrogen-bond donors (Lipinski definition) is 0. The molecule has 0 atom stereocenters. The van der Waals surface area contributed by atoms with E-state index in [1.807, 2.05) is 0 Å². The Kier molecular flexibility index (Phi) is 5.77. The lowest BCUT2D eigenvalue weighted by atomic mass is 10.1. The second-order valence-corrected chi connectivity index (χ2v) is 8.48. The molecule has 0 aliphatic carbocycles. The van der Waals surface area contributed by atoms with Gasteiger partial charge < -0.3 is 4.57 Å². The van der Waals surface area contributed by atoms with Gasteiger partial charge in [0.25, 0.3) is 0 Å². The summed E-state index contributed by atoms with van der Waals surface area (Å²) in [5.74, 6) is -0.768. The predicted octanol–water partition coefficient (Wildman–Crippen LogP) is 7.96. The summed E-state index contributed by atoms with van der Waals surface area (Å²) in [5.41, 5.74) is 2.04. The van der Waals surface area contributed by atoms with Crippen LogP contribution >= 0.6 is 23.6 Å². The minimum atomic E-state index is -4.41. The van der Waals surface area contributed by atoms with Crippen LogP contribution in [0.5, 0.6) is 0 Å². The molecule has 158 valence electrons. The molecular formula is C23H14F5NS2. The van der Waals surface area contributed by atoms with E-state index < -0.39 is 17.6 Å². The summed E-state index contributed by atoms with van der Waals surface area (Å²) in [7, 11) is 0. The molecule has 4 aromatic rings. The van der Waals surface area contributed by atoms with Crippen molar-refractivity contribution in [1.82, 2.24) is 4.57 Å². The van der Waals surface area contributed by atoms with Crippen molar-refractivity contribution in [2.75, 3.05) is 0 Å². The standard InChI is InChI=1S/C23H14F5NS2/c24-18-9-3-15(4-10-18)20-21(16-5-11-19(25)12-6-16)31-22(30)29(20)13-14-1-7-17(8-2-14)23(26,27)28/h1-12H,13H2. The van der Waals surface area contributed by atoms with E-state index in [1.165, 1.54) is 47.7 Å². The minimum absolute atomic E-state index is 0.237. The summed E-state index contributed by atoms with van der Waals surface area (Å²) >= 11 is 6.86. The molecule has 4 rings (SSSR count). The maximum atomic E-state index is 13.5. The molecule has 0 spiro atoms. The van der Waals surface area contributed by atoms with Gasteiger partial charge in [-0.25, -0.2) is 8.78 Å². The molecule has 0 aliphatic heterocycles.